The first-order valence-electron chi connectivity index (χ1n) is 3.58. The zero-order valence-corrected chi connectivity index (χ0v) is 6.46. The monoisotopic (exact) mass is 151 g/mol. The quantitative estimate of drug-likeness (QED) is 0.671. The Morgan fingerprint density at radius 1 is 1.73 bits per heavy atom. The van der Waals surface area contributed by atoms with Crippen molar-refractivity contribution in [3.8, 4) is 0 Å². The molecule has 1 aromatic heterocycles. The number of hydrogen-bond donors (Lipinski definition) is 2. The molecule has 0 unspecified atom stereocenters. The Labute approximate surface area is 66.1 Å². The van der Waals surface area contributed by atoms with Crippen molar-refractivity contribution in [2.24, 2.45) is 0 Å². The van der Waals surface area contributed by atoms with E-state index in [4.69, 9.17) is 5.11 Å². The van der Waals surface area contributed by atoms with Crippen LogP contribution in [0.15, 0.2) is 12.3 Å². The van der Waals surface area contributed by atoms with Gasteiger partial charge in [-0.05, 0) is 13.0 Å². The van der Waals surface area contributed by atoms with E-state index in [0.29, 0.717) is 5.69 Å². The zero-order valence-electron chi connectivity index (χ0n) is 6.46. The molecule has 0 fully saturated rings. The van der Waals surface area contributed by atoms with Crippen LogP contribution in [0.25, 0.3) is 0 Å². The second-order valence-corrected chi connectivity index (χ2v) is 2.12. The topological polar surface area (TPSA) is 45.2 Å². The van der Waals surface area contributed by atoms with Crippen LogP contribution in [0.1, 0.15) is 12.6 Å². The van der Waals surface area contributed by atoms with Gasteiger partial charge in [0, 0.05) is 18.8 Å². The van der Waals surface area contributed by atoms with Crippen molar-refractivity contribution in [2.75, 3.05) is 11.9 Å². The van der Waals surface area contributed by atoms with Crippen LogP contribution in [0, 0.1) is 6.07 Å². The molecule has 0 aliphatic heterocycles. The second kappa shape index (κ2) is 3.93. The number of pyridine rings is 1. The van der Waals surface area contributed by atoms with Crippen LogP contribution in [0.3, 0.4) is 0 Å². The molecular formula is C8H11N2O. The van der Waals surface area contributed by atoms with Crippen LogP contribution >= 0.6 is 0 Å². The highest BCUT2D eigenvalue weighted by Gasteiger charge is 1.98. The molecule has 2 N–H and O–H groups in total. The van der Waals surface area contributed by atoms with E-state index in [1.165, 1.54) is 0 Å². The Kier molecular flexibility index (Phi) is 2.86. The molecule has 0 aliphatic rings. The number of aromatic nitrogens is 1. The lowest BCUT2D eigenvalue weighted by Crippen LogP contribution is -2.02. The summed E-state index contributed by atoms with van der Waals surface area (Å²) in [5, 5.41) is 11.9. The number of aliphatic hydroxyl groups is 1. The average Bonchev–Trinajstić information content (AvgIpc) is 2.06. The number of anilines is 1. The number of nitrogens with one attached hydrogen (secondary N) is 1. The highest BCUT2D eigenvalue weighted by molar-refractivity contribution is 5.46. The van der Waals surface area contributed by atoms with Crippen LogP contribution < -0.4 is 5.32 Å². The van der Waals surface area contributed by atoms with Gasteiger partial charge < -0.3 is 10.4 Å². The predicted molar refractivity (Wildman–Crippen MR) is 43.2 cm³/mol. The number of aliphatic hydroxyl groups excluding tert-OH is 1. The highest BCUT2D eigenvalue weighted by atomic mass is 16.3. The molecule has 0 saturated carbocycles. The standard InChI is InChI=1S/C8H11N2O/c1-2-9-7-4-3-5-10-8(7)6-11/h4-5,9,11H,2,6H2,1H3. The lowest BCUT2D eigenvalue weighted by Gasteiger charge is -2.05. The number of nitrogens with zero attached hydrogens (tertiary/aromatic N) is 1. The van der Waals surface area contributed by atoms with Crippen molar-refractivity contribution in [1.82, 2.24) is 4.98 Å². The van der Waals surface area contributed by atoms with Gasteiger partial charge >= 0.3 is 0 Å². The summed E-state index contributed by atoms with van der Waals surface area (Å²) in [6.45, 7) is 2.79. The molecule has 3 nitrogen and oxygen atoms in total. The first-order valence-corrected chi connectivity index (χ1v) is 3.58. The van der Waals surface area contributed by atoms with Gasteiger partial charge in [0.05, 0.1) is 18.0 Å². The zero-order chi connectivity index (χ0) is 8.10. The third-order valence-corrected chi connectivity index (χ3v) is 1.35. The molecule has 1 radical (unpaired) electrons. The van der Waals surface area contributed by atoms with Gasteiger partial charge in [0.25, 0.3) is 0 Å². The normalized spacial score (nSPS) is 9.64. The first kappa shape index (κ1) is 8.01. The van der Waals surface area contributed by atoms with E-state index >= 15 is 0 Å². The number of hydrogen-bond acceptors (Lipinski definition) is 3. The summed E-state index contributed by atoms with van der Waals surface area (Å²) >= 11 is 0. The fourth-order valence-corrected chi connectivity index (χ4v) is 0.858. The number of rotatable bonds is 3. The van der Waals surface area contributed by atoms with Crippen molar-refractivity contribution >= 4 is 5.69 Å². The molecule has 0 saturated heterocycles. The molecule has 1 rings (SSSR count). The van der Waals surface area contributed by atoms with E-state index in [2.05, 4.69) is 16.4 Å². The summed E-state index contributed by atoms with van der Waals surface area (Å²) in [6.07, 6.45) is 1.55. The molecule has 0 bridgehead atoms. The van der Waals surface area contributed by atoms with Crippen LogP contribution in [0.4, 0.5) is 5.69 Å². The summed E-state index contributed by atoms with van der Waals surface area (Å²) in [7, 11) is 0. The third kappa shape index (κ3) is 1.91. The summed E-state index contributed by atoms with van der Waals surface area (Å²) in [6, 6.07) is 4.62. The molecule has 1 aromatic rings. The summed E-state index contributed by atoms with van der Waals surface area (Å²) in [5.41, 5.74) is 1.53. The van der Waals surface area contributed by atoms with Gasteiger partial charge in [0.15, 0.2) is 0 Å². The Morgan fingerprint density at radius 2 is 2.55 bits per heavy atom. The van der Waals surface area contributed by atoms with E-state index in [0.717, 1.165) is 12.2 Å². The van der Waals surface area contributed by atoms with Crippen molar-refractivity contribution in [1.29, 1.82) is 0 Å². The molecule has 0 spiro atoms. The second-order valence-electron chi connectivity index (χ2n) is 2.12. The minimum absolute atomic E-state index is 0.0307. The molecule has 0 amide bonds. The first-order chi connectivity index (χ1) is 5.38. The Bertz CT molecular complexity index is 225. The molecule has 0 aliphatic carbocycles. The Morgan fingerprint density at radius 3 is 3.18 bits per heavy atom. The Balaban J connectivity index is 2.83. The SMILES string of the molecule is CCNc1c[c]cnc1CO. The summed E-state index contributed by atoms with van der Waals surface area (Å²) in [5.74, 6) is 0. The average molecular weight is 151 g/mol. The largest absolute Gasteiger partial charge is 0.390 e. The third-order valence-electron chi connectivity index (χ3n) is 1.35. The molecule has 1 heterocycles. The van der Waals surface area contributed by atoms with E-state index in [1.54, 1.807) is 12.3 Å². The molecule has 0 aromatic carbocycles. The van der Waals surface area contributed by atoms with Crippen LogP contribution in [0.5, 0.6) is 0 Å². The maximum absolute atomic E-state index is 8.83. The van der Waals surface area contributed by atoms with Crippen LogP contribution in [-0.4, -0.2) is 16.6 Å². The fraction of sp³-hybridized carbons (Fsp3) is 0.375. The molecule has 3 heteroatoms. The summed E-state index contributed by atoms with van der Waals surface area (Å²) < 4.78 is 0. The van der Waals surface area contributed by atoms with Gasteiger partial charge in [-0.25, -0.2) is 0 Å². The fourth-order valence-electron chi connectivity index (χ4n) is 0.858. The van der Waals surface area contributed by atoms with Gasteiger partial charge in [-0.15, -0.1) is 0 Å². The lowest BCUT2D eigenvalue weighted by molar-refractivity contribution is 0.277. The van der Waals surface area contributed by atoms with E-state index in [-0.39, 0.29) is 6.61 Å². The smallest absolute Gasteiger partial charge is 0.0889 e. The van der Waals surface area contributed by atoms with E-state index in [9.17, 15) is 0 Å². The van der Waals surface area contributed by atoms with E-state index < -0.39 is 0 Å². The Hall–Kier alpha value is -1.09. The van der Waals surface area contributed by atoms with Gasteiger partial charge in [-0.1, -0.05) is 0 Å². The summed E-state index contributed by atoms with van der Waals surface area (Å²) in [4.78, 5) is 3.95. The van der Waals surface area contributed by atoms with Crippen molar-refractivity contribution < 1.29 is 5.11 Å². The van der Waals surface area contributed by atoms with Crippen LogP contribution in [0.2, 0.25) is 0 Å². The maximum atomic E-state index is 8.83. The highest BCUT2D eigenvalue weighted by Crippen LogP contribution is 2.10. The van der Waals surface area contributed by atoms with Gasteiger partial charge in [-0.2, -0.15) is 0 Å². The molecule has 11 heavy (non-hydrogen) atoms. The molecule has 0 atom stereocenters. The maximum Gasteiger partial charge on any atom is 0.0889 e. The van der Waals surface area contributed by atoms with E-state index in [1.807, 2.05) is 6.92 Å². The minimum Gasteiger partial charge on any atom is -0.390 e. The van der Waals surface area contributed by atoms with Gasteiger partial charge in [0.2, 0.25) is 0 Å². The minimum atomic E-state index is -0.0307. The van der Waals surface area contributed by atoms with Crippen molar-refractivity contribution in [2.45, 2.75) is 13.5 Å². The predicted octanol–water partition coefficient (Wildman–Crippen LogP) is 0.806. The molecular weight excluding hydrogens is 140 g/mol. The van der Waals surface area contributed by atoms with Gasteiger partial charge in [0.1, 0.15) is 0 Å². The van der Waals surface area contributed by atoms with Crippen molar-refractivity contribution in [3.63, 3.8) is 0 Å². The molecule has 59 valence electrons. The van der Waals surface area contributed by atoms with Crippen molar-refractivity contribution in [3.05, 3.63) is 24.0 Å². The lowest BCUT2D eigenvalue weighted by atomic mass is 10.3. The van der Waals surface area contributed by atoms with Gasteiger partial charge in [-0.3, -0.25) is 4.98 Å². The van der Waals surface area contributed by atoms with Crippen LogP contribution in [-0.2, 0) is 6.61 Å².